The maximum atomic E-state index is 13.6. The Bertz CT molecular complexity index is 1420. The Balaban J connectivity index is 1.37. The van der Waals surface area contributed by atoms with Crippen molar-refractivity contribution in [3.8, 4) is 0 Å². The van der Waals surface area contributed by atoms with Crippen LogP contribution in [0.4, 0.5) is 4.79 Å². The van der Waals surface area contributed by atoms with Crippen LogP contribution >= 0.6 is 11.8 Å². The first-order valence-electron chi connectivity index (χ1n) is 13.4. The summed E-state index contributed by atoms with van der Waals surface area (Å²) in [6.45, 7) is 7.47. The van der Waals surface area contributed by atoms with Crippen molar-refractivity contribution in [2.45, 2.75) is 70.0 Å². The monoisotopic (exact) mass is 536 g/mol. The zero-order valence-electron chi connectivity index (χ0n) is 22.5. The highest BCUT2D eigenvalue weighted by Gasteiger charge is 2.35. The van der Waals surface area contributed by atoms with Gasteiger partial charge in [0.2, 0.25) is 0 Å². The smallest absolute Gasteiger partial charge is 0.410 e. The third kappa shape index (κ3) is 4.84. The van der Waals surface area contributed by atoms with Gasteiger partial charge >= 0.3 is 6.09 Å². The maximum Gasteiger partial charge on any atom is 0.410 e. The van der Waals surface area contributed by atoms with Gasteiger partial charge in [0.1, 0.15) is 6.61 Å². The molecular formula is C29H36N4O4S. The second kappa shape index (κ2) is 10.9. The summed E-state index contributed by atoms with van der Waals surface area (Å²) >= 11 is 1.50. The maximum absolute atomic E-state index is 13.6. The van der Waals surface area contributed by atoms with Crippen LogP contribution in [0.25, 0.3) is 10.9 Å². The van der Waals surface area contributed by atoms with Crippen molar-refractivity contribution in [3.63, 3.8) is 0 Å². The summed E-state index contributed by atoms with van der Waals surface area (Å²) in [5.74, 6) is 0.276. The number of aromatic nitrogens is 2. The fourth-order valence-electron chi connectivity index (χ4n) is 6.34. The van der Waals surface area contributed by atoms with Gasteiger partial charge in [0.05, 0.1) is 12.1 Å². The number of aromatic amines is 1. The molecule has 3 heterocycles. The Kier molecular flexibility index (Phi) is 7.56. The van der Waals surface area contributed by atoms with Gasteiger partial charge in [-0.2, -0.15) is 0 Å². The van der Waals surface area contributed by atoms with E-state index in [-0.39, 0.29) is 36.2 Å². The van der Waals surface area contributed by atoms with Crippen molar-refractivity contribution in [1.82, 2.24) is 19.8 Å². The number of nitrogens with one attached hydrogen (secondary N) is 2. The highest BCUT2D eigenvalue weighted by molar-refractivity contribution is 7.98. The molecular weight excluding hydrogens is 500 g/mol. The Hall–Kier alpha value is -3.20. The summed E-state index contributed by atoms with van der Waals surface area (Å²) < 4.78 is 7.46. The lowest BCUT2D eigenvalue weighted by atomic mass is 9.81. The lowest BCUT2D eigenvalue weighted by Gasteiger charge is -2.36. The topological polar surface area (TPSA) is 96.4 Å². The number of benzene rings is 1. The first kappa shape index (κ1) is 26.4. The minimum absolute atomic E-state index is 0.166. The Labute approximate surface area is 227 Å². The number of para-hydroxylation sites is 1. The number of carbonyl (C=O) groups excluding carboxylic acids is 2. The van der Waals surface area contributed by atoms with Crippen LogP contribution in [0, 0.1) is 19.8 Å². The van der Waals surface area contributed by atoms with Gasteiger partial charge in [-0.15, -0.1) is 11.8 Å². The molecule has 1 aliphatic heterocycles. The van der Waals surface area contributed by atoms with Crippen molar-refractivity contribution >= 4 is 34.7 Å². The summed E-state index contributed by atoms with van der Waals surface area (Å²) in [7, 11) is 0. The largest absolute Gasteiger partial charge is 0.448 e. The minimum atomic E-state index is -0.179. The van der Waals surface area contributed by atoms with Crippen molar-refractivity contribution in [3.05, 3.63) is 63.2 Å². The molecule has 8 nitrogen and oxygen atoms in total. The van der Waals surface area contributed by atoms with Gasteiger partial charge in [-0.1, -0.05) is 18.2 Å². The third-order valence-corrected chi connectivity index (χ3v) is 9.13. The summed E-state index contributed by atoms with van der Waals surface area (Å²) in [6.07, 6.45) is 5.75. The molecule has 1 aromatic carbocycles. The van der Waals surface area contributed by atoms with E-state index in [1.807, 2.05) is 49.3 Å². The zero-order valence-corrected chi connectivity index (χ0v) is 23.3. The van der Waals surface area contributed by atoms with Crippen LogP contribution in [-0.4, -0.2) is 51.9 Å². The van der Waals surface area contributed by atoms with E-state index < -0.39 is 0 Å². The molecule has 2 fully saturated rings. The number of amides is 2. The molecule has 1 aliphatic carbocycles. The number of hydrogen-bond acceptors (Lipinski definition) is 5. The fraction of sp³-hybridized carbons (Fsp3) is 0.483. The molecule has 1 atom stereocenters. The van der Waals surface area contributed by atoms with Crippen LogP contribution in [-0.2, 0) is 11.3 Å². The Morgan fingerprint density at radius 2 is 1.92 bits per heavy atom. The molecule has 0 spiro atoms. The first-order chi connectivity index (χ1) is 18.3. The lowest BCUT2D eigenvalue weighted by Crippen LogP contribution is -2.39. The van der Waals surface area contributed by atoms with Crippen LogP contribution in [0.5, 0.6) is 0 Å². The molecule has 38 heavy (non-hydrogen) atoms. The Morgan fingerprint density at radius 1 is 1.18 bits per heavy atom. The molecule has 0 unspecified atom stereocenters. The van der Waals surface area contributed by atoms with Crippen molar-refractivity contribution in [2.75, 3.05) is 19.4 Å². The second-order valence-corrected chi connectivity index (χ2v) is 11.3. The summed E-state index contributed by atoms with van der Waals surface area (Å²) in [4.78, 5) is 43.8. The van der Waals surface area contributed by atoms with Gasteiger partial charge in [-0.3, -0.25) is 9.59 Å². The summed E-state index contributed by atoms with van der Waals surface area (Å²) in [6, 6.07) is 10.5. The number of nitrogens with zero attached hydrogens (tertiary/aromatic N) is 2. The van der Waals surface area contributed by atoms with E-state index >= 15 is 0 Å². The molecule has 202 valence electrons. The molecule has 9 heteroatoms. The predicted octanol–water partition coefficient (Wildman–Crippen LogP) is 5.17. The number of cyclic esters (lactones) is 1. The van der Waals surface area contributed by atoms with Gasteiger partial charge in [0.25, 0.3) is 11.5 Å². The SMILES string of the molecule is CSc1cc(C)[nH]c(=O)c1CNC(=O)c1c(C)n([C@H](C)C2CCC(N3CCOC3=O)CC2)c2ccccc12. The van der Waals surface area contributed by atoms with E-state index in [0.29, 0.717) is 30.2 Å². The van der Waals surface area contributed by atoms with Gasteiger partial charge in [-0.25, -0.2) is 4.79 Å². The van der Waals surface area contributed by atoms with Crippen LogP contribution < -0.4 is 10.9 Å². The fourth-order valence-corrected chi connectivity index (χ4v) is 7.04. The molecule has 2 aromatic heterocycles. The highest BCUT2D eigenvalue weighted by atomic mass is 32.2. The standard InChI is InChI=1S/C29H36N4O4S/c1-17-15-25(38-4)23(27(34)31-17)16-30-28(35)26-19(3)33(24-8-6-5-7-22(24)26)18(2)20-9-11-21(12-10-20)32-13-14-37-29(32)36/h5-8,15,18,20-21H,9-14,16H2,1-4H3,(H,30,35)(H,31,34)/t18-,20?,21?/m1/s1. The average molecular weight is 537 g/mol. The molecule has 5 rings (SSSR count). The molecule has 3 aromatic rings. The molecule has 0 radical (unpaired) electrons. The zero-order chi connectivity index (χ0) is 27.0. The number of hydrogen-bond donors (Lipinski definition) is 2. The van der Waals surface area contributed by atoms with Crippen LogP contribution in [0.2, 0.25) is 0 Å². The third-order valence-electron chi connectivity index (χ3n) is 8.32. The molecule has 2 amide bonds. The number of aryl methyl sites for hydroxylation is 1. The van der Waals surface area contributed by atoms with Gasteiger partial charge in [0, 0.05) is 51.4 Å². The highest BCUT2D eigenvalue weighted by Crippen LogP contribution is 2.39. The number of carbonyl (C=O) groups is 2. The molecule has 1 saturated heterocycles. The summed E-state index contributed by atoms with van der Waals surface area (Å²) in [5.41, 5.74) is 3.85. The van der Waals surface area contributed by atoms with E-state index in [4.69, 9.17) is 4.74 Å². The van der Waals surface area contributed by atoms with Gasteiger partial charge in [-0.05, 0) is 70.8 Å². The number of rotatable bonds is 7. The summed E-state index contributed by atoms with van der Waals surface area (Å²) in [5, 5.41) is 3.94. The van der Waals surface area contributed by atoms with Crippen LogP contribution in [0.3, 0.4) is 0 Å². The second-order valence-electron chi connectivity index (χ2n) is 10.5. The minimum Gasteiger partial charge on any atom is -0.448 e. The number of ether oxygens (including phenoxy) is 1. The van der Waals surface area contributed by atoms with E-state index in [9.17, 15) is 14.4 Å². The van der Waals surface area contributed by atoms with Crippen molar-refractivity contribution < 1.29 is 14.3 Å². The van der Waals surface area contributed by atoms with Crippen LogP contribution in [0.15, 0.2) is 40.0 Å². The predicted molar refractivity (Wildman–Crippen MR) is 150 cm³/mol. The molecule has 1 saturated carbocycles. The van der Waals surface area contributed by atoms with E-state index in [1.165, 1.54) is 11.8 Å². The number of pyridine rings is 1. The molecule has 2 aliphatic rings. The van der Waals surface area contributed by atoms with Crippen molar-refractivity contribution in [2.24, 2.45) is 5.92 Å². The normalized spacial score (nSPS) is 20.5. The van der Waals surface area contributed by atoms with Gasteiger partial charge in [0.15, 0.2) is 0 Å². The van der Waals surface area contributed by atoms with E-state index in [2.05, 4.69) is 27.9 Å². The number of thioether (sulfide) groups is 1. The quantitative estimate of drug-likeness (QED) is 0.406. The number of H-pyrrole nitrogens is 1. The van der Waals surface area contributed by atoms with Gasteiger partial charge < -0.3 is 24.5 Å². The molecule has 0 bridgehead atoms. The van der Waals surface area contributed by atoms with E-state index in [1.54, 1.807) is 0 Å². The number of fused-ring (bicyclic) bond motifs is 1. The Morgan fingerprint density at radius 3 is 2.61 bits per heavy atom. The average Bonchev–Trinajstić information content (AvgIpc) is 3.47. The first-order valence-corrected chi connectivity index (χ1v) is 14.6. The molecule has 2 N–H and O–H groups in total. The van der Waals surface area contributed by atoms with E-state index in [0.717, 1.165) is 52.9 Å². The lowest BCUT2D eigenvalue weighted by molar-refractivity contribution is 0.0951. The van der Waals surface area contributed by atoms with Crippen molar-refractivity contribution in [1.29, 1.82) is 0 Å². The van der Waals surface area contributed by atoms with Crippen LogP contribution in [0.1, 0.15) is 66.0 Å².